The topological polar surface area (TPSA) is 52.6 Å². The Balaban J connectivity index is 2.11. The van der Waals surface area contributed by atoms with Crippen LogP contribution in [0.15, 0.2) is 30.3 Å². The van der Waals surface area contributed by atoms with Gasteiger partial charge < -0.3 is 9.47 Å². The van der Waals surface area contributed by atoms with Crippen molar-refractivity contribution in [2.24, 2.45) is 0 Å². The molecule has 1 aromatic carbocycles. The average molecular weight is 220 g/mol. The Morgan fingerprint density at radius 1 is 1.38 bits per heavy atom. The van der Waals surface area contributed by atoms with Gasteiger partial charge in [-0.25, -0.2) is 9.59 Å². The average Bonchev–Trinajstić information content (AvgIpc) is 2.60. The highest BCUT2D eigenvalue weighted by atomic mass is 16.6. The number of rotatable bonds is 2. The fraction of sp³-hybridized carbons (Fsp3) is 0.333. The molecule has 0 amide bonds. The van der Waals surface area contributed by atoms with Gasteiger partial charge in [0.15, 0.2) is 0 Å². The monoisotopic (exact) mass is 220 g/mol. The van der Waals surface area contributed by atoms with Gasteiger partial charge in [-0.05, 0) is 19.1 Å². The first kappa shape index (κ1) is 10.7. The molecule has 0 aromatic heterocycles. The SMILES string of the molecule is C[C@]1(OC(=O)c2ccccc2)CCOC1=O. The summed E-state index contributed by atoms with van der Waals surface area (Å²) in [4.78, 5) is 23.1. The van der Waals surface area contributed by atoms with Crippen LogP contribution in [0.1, 0.15) is 23.7 Å². The summed E-state index contributed by atoms with van der Waals surface area (Å²) in [5, 5.41) is 0. The molecule has 0 bridgehead atoms. The fourth-order valence-corrected chi connectivity index (χ4v) is 1.52. The van der Waals surface area contributed by atoms with Gasteiger partial charge in [-0.15, -0.1) is 0 Å². The lowest BCUT2D eigenvalue weighted by atomic mass is 10.1. The first-order chi connectivity index (χ1) is 7.62. The smallest absolute Gasteiger partial charge is 0.350 e. The Bertz CT molecular complexity index is 412. The lowest BCUT2D eigenvalue weighted by Gasteiger charge is -2.19. The van der Waals surface area contributed by atoms with E-state index >= 15 is 0 Å². The van der Waals surface area contributed by atoms with Gasteiger partial charge in [-0.2, -0.15) is 0 Å². The van der Waals surface area contributed by atoms with Crippen LogP contribution < -0.4 is 0 Å². The number of carbonyl (C=O) groups is 2. The summed E-state index contributed by atoms with van der Waals surface area (Å²) in [6, 6.07) is 8.58. The molecule has 0 N–H and O–H groups in total. The van der Waals surface area contributed by atoms with Gasteiger partial charge in [0.1, 0.15) is 0 Å². The van der Waals surface area contributed by atoms with E-state index in [1.54, 1.807) is 31.2 Å². The summed E-state index contributed by atoms with van der Waals surface area (Å²) < 4.78 is 9.97. The van der Waals surface area contributed by atoms with Crippen LogP contribution in [0, 0.1) is 0 Å². The predicted molar refractivity (Wildman–Crippen MR) is 55.8 cm³/mol. The molecule has 4 heteroatoms. The molecule has 16 heavy (non-hydrogen) atoms. The molecule has 1 atom stereocenters. The molecular formula is C12H12O4. The Labute approximate surface area is 93.2 Å². The van der Waals surface area contributed by atoms with Crippen LogP contribution in [0.2, 0.25) is 0 Å². The molecule has 84 valence electrons. The van der Waals surface area contributed by atoms with Crippen molar-refractivity contribution in [1.29, 1.82) is 0 Å². The molecule has 1 aromatic rings. The lowest BCUT2D eigenvalue weighted by Crippen LogP contribution is -2.36. The van der Waals surface area contributed by atoms with Crippen LogP contribution in [-0.4, -0.2) is 24.1 Å². The maximum absolute atomic E-state index is 11.7. The Morgan fingerprint density at radius 2 is 2.06 bits per heavy atom. The molecule has 2 rings (SSSR count). The zero-order chi connectivity index (χ0) is 11.6. The van der Waals surface area contributed by atoms with Crippen molar-refractivity contribution in [2.45, 2.75) is 18.9 Å². The summed E-state index contributed by atoms with van der Waals surface area (Å²) in [6.07, 6.45) is 0.407. The number of ether oxygens (including phenoxy) is 2. The van der Waals surface area contributed by atoms with Gasteiger partial charge in [0.05, 0.1) is 12.2 Å². The zero-order valence-electron chi connectivity index (χ0n) is 8.93. The van der Waals surface area contributed by atoms with E-state index in [1.165, 1.54) is 0 Å². The van der Waals surface area contributed by atoms with Crippen molar-refractivity contribution in [2.75, 3.05) is 6.61 Å². The Morgan fingerprint density at radius 3 is 2.62 bits per heavy atom. The standard InChI is InChI=1S/C12H12O4/c1-12(7-8-15-11(12)14)16-10(13)9-5-3-2-4-6-9/h2-6H,7-8H2,1H3/t12-/m0/s1. The van der Waals surface area contributed by atoms with Crippen molar-refractivity contribution in [3.8, 4) is 0 Å². The number of benzene rings is 1. The Kier molecular flexibility index (Phi) is 2.64. The molecule has 0 unspecified atom stereocenters. The normalized spacial score (nSPS) is 23.9. The minimum absolute atomic E-state index is 0.303. The highest BCUT2D eigenvalue weighted by Gasteiger charge is 2.43. The van der Waals surface area contributed by atoms with E-state index < -0.39 is 17.5 Å². The Hall–Kier alpha value is -1.84. The largest absolute Gasteiger partial charge is 0.463 e. The van der Waals surface area contributed by atoms with E-state index in [1.807, 2.05) is 6.07 Å². The van der Waals surface area contributed by atoms with Gasteiger partial charge in [-0.3, -0.25) is 0 Å². The van der Waals surface area contributed by atoms with E-state index in [2.05, 4.69) is 0 Å². The summed E-state index contributed by atoms with van der Waals surface area (Å²) in [7, 11) is 0. The molecule has 1 heterocycles. The van der Waals surface area contributed by atoms with Gasteiger partial charge in [0.2, 0.25) is 5.60 Å². The summed E-state index contributed by atoms with van der Waals surface area (Å²) in [5.74, 6) is -0.973. The minimum atomic E-state index is -1.13. The maximum atomic E-state index is 11.7. The van der Waals surface area contributed by atoms with Crippen molar-refractivity contribution in [3.05, 3.63) is 35.9 Å². The number of carbonyl (C=O) groups excluding carboxylic acids is 2. The van der Waals surface area contributed by atoms with Gasteiger partial charge in [0.25, 0.3) is 0 Å². The third-order valence-electron chi connectivity index (χ3n) is 2.57. The summed E-state index contributed by atoms with van der Waals surface area (Å²) in [5.41, 5.74) is -0.698. The summed E-state index contributed by atoms with van der Waals surface area (Å²) in [6.45, 7) is 1.88. The quantitative estimate of drug-likeness (QED) is 0.709. The molecular weight excluding hydrogens is 208 g/mol. The van der Waals surface area contributed by atoms with E-state index in [4.69, 9.17) is 9.47 Å². The van der Waals surface area contributed by atoms with Crippen LogP contribution in [0.4, 0.5) is 0 Å². The number of cyclic esters (lactones) is 1. The van der Waals surface area contributed by atoms with Crippen molar-refractivity contribution in [3.63, 3.8) is 0 Å². The van der Waals surface area contributed by atoms with Crippen LogP contribution in [0.5, 0.6) is 0 Å². The highest BCUT2D eigenvalue weighted by Crippen LogP contribution is 2.25. The molecule has 1 aliphatic rings. The van der Waals surface area contributed by atoms with E-state index in [9.17, 15) is 9.59 Å². The predicted octanol–water partition coefficient (Wildman–Crippen LogP) is 1.55. The van der Waals surface area contributed by atoms with Gasteiger partial charge in [-0.1, -0.05) is 18.2 Å². The first-order valence-electron chi connectivity index (χ1n) is 5.07. The van der Waals surface area contributed by atoms with Crippen molar-refractivity contribution >= 4 is 11.9 Å². The number of hydrogen-bond acceptors (Lipinski definition) is 4. The molecule has 0 radical (unpaired) electrons. The lowest BCUT2D eigenvalue weighted by molar-refractivity contribution is -0.152. The maximum Gasteiger partial charge on any atom is 0.350 e. The highest BCUT2D eigenvalue weighted by molar-refractivity contribution is 5.92. The molecule has 0 spiro atoms. The van der Waals surface area contributed by atoms with Crippen LogP contribution >= 0.6 is 0 Å². The number of hydrogen-bond donors (Lipinski definition) is 0. The van der Waals surface area contributed by atoms with Crippen LogP contribution in [-0.2, 0) is 14.3 Å². The first-order valence-corrected chi connectivity index (χ1v) is 5.07. The third-order valence-corrected chi connectivity index (χ3v) is 2.57. The fourth-order valence-electron chi connectivity index (χ4n) is 1.52. The molecule has 1 aliphatic heterocycles. The summed E-state index contributed by atoms with van der Waals surface area (Å²) >= 11 is 0. The molecule has 0 aliphatic carbocycles. The zero-order valence-corrected chi connectivity index (χ0v) is 8.93. The van der Waals surface area contributed by atoms with E-state index in [0.717, 1.165) is 0 Å². The van der Waals surface area contributed by atoms with Crippen LogP contribution in [0.3, 0.4) is 0 Å². The van der Waals surface area contributed by atoms with Crippen molar-refractivity contribution in [1.82, 2.24) is 0 Å². The molecule has 4 nitrogen and oxygen atoms in total. The third kappa shape index (κ3) is 1.91. The van der Waals surface area contributed by atoms with Gasteiger partial charge in [0, 0.05) is 6.42 Å². The van der Waals surface area contributed by atoms with Gasteiger partial charge >= 0.3 is 11.9 Å². The number of esters is 2. The van der Waals surface area contributed by atoms with Crippen molar-refractivity contribution < 1.29 is 19.1 Å². The molecule has 1 saturated heterocycles. The minimum Gasteiger partial charge on any atom is -0.463 e. The second-order valence-corrected chi connectivity index (χ2v) is 3.87. The second kappa shape index (κ2) is 3.96. The molecule has 0 saturated carbocycles. The van der Waals surface area contributed by atoms with E-state index in [-0.39, 0.29) is 0 Å². The second-order valence-electron chi connectivity index (χ2n) is 3.87. The molecule has 1 fully saturated rings. The van der Waals surface area contributed by atoms with Crippen LogP contribution in [0.25, 0.3) is 0 Å². The van der Waals surface area contributed by atoms with E-state index in [0.29, 0.717) is 18.6 Å².